The summed E-state index contributed by atoms with van der Waals surface area (Å²) < 4.78 is 35.7. The minimum atomic E-state index is -4.17. The fraction of sp³-hybridized carbons (Fsp3) is 0.778. The molecule has 17 heavy (non-hydrogen) atoms. The van der Waals surface area contributed by atoms with Crippen molar-refractivity contribution in [1.82, 2.24) is 15.5 Å². The van der Waals surface area contributed by atoms with Gasteiger partial charge in [0, 0.05) is 5.41 Å². The van der Waals surface area contributed by atoms with E-state index >= 15 is 0 Å². The number of anilines is 1. The van der Waals surface area contributed by atoms with Crippen LogP contribution in [0.3, 0.4) is 0 Å². The summed E-state index contributed by atoms with van der Waals surface area (Å²) in [6.45, 7) is 3.11. The lowest BCUT2D eigenvalue weighted by molar-refractivity contribution is -0.124. The van der Waals surface area contributed by atoms with E-state index in [1.807, 2.05) is 13.8 Å². The smallest absolute Gasteiger partial charge is 0.374 e. The Kier molecular flexibility index (Phi) is 4.31. The molecule has 0 bridgehead atoms. The first-order valence-corrected chi connectivity index (χ1v) is 5.89. The highest BCUT2D eigenvalue weighted by Crippen LogP contribution is 2.29. The van der Waals surface area contributed by atoms with Crippen molar-refractivity contribution in [2.24, 2.45) is 0 Å². The first-order valence-electron chi connectivity index (χ1n) is 5.08. The van der Waals surface area contributed by atoms with Crippen LogP contribution in [0.1, 0.15) is 25.3 Å². The van der Waals surface area contributed by atoms with Crippen LogP contribution in [0.4, 0.5) is 18.3 Å². The molecule has 0 fully saturated rings. The van der Waals surface area contributed by atoms with Crippen LogP contribution in [-0.4, -0.2) is 29.5 Å². The molecule has 4 nitrogen and oxygen atoms in total. The molecule has 0 aromatic carbocycles. The number of alkyl halides is 3. The van der Waals surface area contributed by atoms with Gasteiger partial charge in [0.15, 0.2) is 0 Å². The quantitative estimate of drug-likeness (QED) is 0.801. The van der Waals surface area contributed by atoms with Crippen LogP contribution in [0, 0.1) is 0 Å². The molecular weight excluding hydrogens is 253 g/mol. The summed E-state index contributed by atoms with van der Waals surface area (Å²) >= 11 is 1.26. The second kappa shape index (κ2) is 5.18. The topological polar surface area (TPSA) is 63.8 Å². The molecule has 0 saturated carbocycles. The molecule has 0 spiro atoms. The summed E-state index contributed by atoms with van der Waals surface area (Å²) in [7, 11) is 0. The van der Waals surface area contributed by atoms with Crippen molar-refractivity contribution in [3.8, 4) is 0 Å². The van der Waals surface area contributed by atoms with Crippen LogP contribution in [0.2, 0.25) is 0 Å². The molecule has 1 rings (SSSR count). The van der Waals surface area contributed by atoms with Crippen molar-refractivity contribution in [2.75, 3.05) is 18.8 Å². The van der Waals surface area contributed by atoms with Crippen molar-refractivity contribution in [3.63, 3.8) is 0 Å². The average molecular weight is 268 g/mol. The van der Waals surface area contributed by atoms with Crippen molar-refractivity contribution in [1.29, 1.82) is 0 Å². The number of nitrogens with two attached hydrogens (primary N) is 1. The van der Waals surface area contributed by atoms with E-state index in [1.54, 1.807) is 0 Å². The zero-order valence-corrected chi connectivity index (χ0v) is 10.5. The fourth-order valence-electron chi connectivity index (χ4n) is 1.25. The van der Waals surface area contributed by atoms with Gasteiger partial charge in [-0.1, -0.05) is 25.2 Å². The molecule has 0 aliphatic rings. The third kappa shape index (κ3) is 4.86. The number of rotatable bonds is 5. The molecular formula is C9H15F3N4S. The number of halogens is 3. The van der Waals surface area contributed by atoms with Gasteiger partial charge in [-0.2, -0.15) is 13.2 Å². The van der Waals surface area contributed by atoms with Crippen LogP contribution in [0.15, 0.2) is 0 Å². The van der Waals surface area contributed by atoms with Gasteiger partial charge < -0.3 is 11.1 Å². The van der Waals surface area contributed by atoms with Crippen molar-refractivity contribution in [2.45, 2.75) is 31.9 Å². The average Bonchev–Trinajstić information content (AvgIpc) is 2.59. The number of nitrogen functional groups attached to an aromatic ring is 1. The molecule has 1 heterocycles. The SMILES string of the molecule is CC(C)(CCNCC(F)(F)F)c1nnc(N)s1. The lowest BCUT2D eigenvalue weighted by Gasteiger charge is -2.21. The minimum Gasteiger partial charge on any atom is -0.374 e. The second-order valence-corrected chi connectivity index (χ2v) is 5.38. The predicted octanol–water partition coefficient (Wildman–Crippen LogP) is 1.94. The second-order valence-electron chi connectivity index (χ2n) is 4.37. The third-order valence-electron chi connectivity index (χ3n) is 2.27. The lowest BCUT2D eigenvalue weighted by Crippen LogP contribution is -2.32. The molecule has 1 aromatic rings. The van der Waals surface area contributed by atoms with E-state index in [2.05, 4.69) is 15.5 Å². The molecule has 98 valence electrons. The van der Waals surface area contributed by atoms with E-state index in [1.165, 1.54) is 11.3 Å². The summed E-state index contributed by atoms with van der Waals surface area (Å²) in [6.07, 6.45) is -3.63. The van der Waals surface area contributed by atoms with E-state index in [4.69, 9.17) is 5.73 Å². The molecule has 0 atom stereocenters. The maximum atomic E-state index is 11.9. The van der Waals surface area contributed by atoms with Gasteiger partial charge >= 0.3 is 6.18 Å². The van der Waals surface area contributed by atoms with Gasteiger partial charge in [-0.25, -0.2) is 0 Å². The molecule has 0 aliphatic heterocycles. The monoisotopic (exact) mass is 268 g/mol. The Morgan fingerprint density at radius 3 is 2.41 bits per heavy atom. The Hall–Kier alpha value is -0.890. The largest absolute Gasteiger partial charge is 0.401 e. The molecule has 0 aliphatic carbocycles. The number of nitrogens with one attached hydrogen (secondary N) is 1. The standard InChI is InChI=1S/C9H15F3N4S/c1-8(2,6-15-16-7(13)17-6)3-4-14-5-9(10,11)12/h14H,3-5H2,1-2H3,(H2,13,16). The highest BCUT2D eigenvalue weighted by atomic mass is 32.1. The first-order chi connectivity index (χ1) is 7.71. The Bertz CT molecular complexity index is 361. The van der Waals surface area contributed by atoms with Crippen LogP contribution in [-0.2, 0) is 5.41 Å². The van der Waals surface area contributed by atoms with Crippen molar-refractivity contribution < 1.29 is 13.2 Å². The van der Waals surface area contributed by atoms with E-state index in [0.29, 0.717) is 11.6 Å². The van der Waals surface area contributed by atoms with E-state index in [-0.39, 0.29) is 12.0 Å². The summed E-state index contributed by atoms with van der Waals surface area (Å²) in [5, 5.41) is 11.1. The van der Waals surface area contributed by atoms with Gasteiger partial charge in [-0.05, 0) is 13.0 Å². The molecule has 1 aromatic heterocycles. The number of nitrogens with zero attached hydrogens (tertiary/aromatic N) is 2. The van der Waals surface area contributed by atoms with E-state index in [0.717, 1.165) is 5.01 Å². The van der Waals surface area contributed by atoms with E-state index < -0.39 is 12.7 Å². The first kappa shape index (κ1) is 14.2. The molecule has 0 radical (unpaired) electrons. The Morgan fingerprint density at radius 1 is 1.29 bits per heavy atom. The maximum Gasteiger partial charge on any atom is 0.401 e. The maximum absolute atomic E-state index is 11.9. The van der Waals surface area contributed by atoms with Crippen molar-refractivity contribution >= 4 is 16.5 Å². The van der Waals surface area contributed by atoms with Gasteiger partial charge in [0.05, 0.1) is 6.54 Å². The summed E-state index contributed by atoms with van der Waals surface area (Å²) in [6, 6.07) is 0. The summed E-state index contributed by atoms with van der Waals surface area (Å²) in [5.74, 6) is 0. The van der Waals surface area contributed by atoms with Gasteiger partial charge in [0.2, 0.25) is 5.13 Å². The lowest BCUT2D eigenvalue weighted by atomic mass is 9.90. The Balaban J connectivity index is 2.40. The normalized spacial score (nSPS) is 13.0. The van der Waals surface area contributed by atoms with Crippen LogP contribution >= 0.6 is 11.3 Å². The summed E-state index contributed by atoms with van der Waals surface area (Å²) in [4.78, 5) is 0. The Morgan fingerprint density at radius 2 is 1.94 bits per heavy atom. The van der Waals surface area contributed by atoms with E-state index in [9.17, 15) is 13.2 Å². The number of hydrogen-bond acceptors (Lipinski definition) is 5. The highest BCUT2D eigenvalue weighted by molar-refractivity contribution is 7.15. The van der Waals surface area contributed by atoms with Crippen molar-refractivity contribution in [3.05, 3.63) is 5.01 Å². The molecule has 0 amide bonds. The molecule has 0 saturated heterocycles. The third-order valence-corrected chi connectivity index (χ3v) is 3.39. The van der Waals surface area contributed by atoms with Crippen LogP contribution in [0.5, 0.6) is 0 Å². The molecule has 3 N–H and O–H groups in total. The predicted molar refractivity (Wildman–Crippen MR) is 60.9 cm³/mol. The van der Waals surface area contributed by atoms with Gasteiger partial charge in [-0.3, -0.25) is 0 Å². The summed E-state index contributed by atoms with van der Waals surface area (Å²) in [5.41, 5.74) is 5.14. The van der Waals surface area contributed by atoms with Crippen LogP contribution in [0.25, 0.3) is 0 Å². The number of aromatic nitrogens is 2. The van der Waals surface area contributed by atoms with Gasteiger partial charge in [-0.15, -0.1) is 10.2 Å². The zero-order valence-electron chi connectivity index (χ0n) is 9.64. The van der Waals surface area contributed by atoms with Gasteiger partial charge in [0.25, 0.3) is 0 Å². The Labute approximate surface area is 101 Å². The zero-order chi connectivity index (χ0) is 13.1. The molecule has 8 heteroatoms. The van der Waals surface area contributed by atoms with Crippen LogP contribution < -0.4 is 11.1 Å². The fourth-order valence-corrected chi connectivity index (χ4v) is 1.99. The minimum absolute atomic E-state index is 0.270. The molecule has 0 unspecified atom stereocenters. The highest BCUT2D eigenvalue weighted by Gasteiger charge is 2.28. The van der Waals surface area contributed by atoms with Gasteiger partial charge in [0.1, 0.15) is 5.01 Å². The number of hydrogen-bond donors (Lipinski definition) is 2.